The molecule has 0 saturated heterocycles. The van der Waals surface area contributed by atoms with Crippen LogP contribution in [0.5, 0.6) is 0 Å². The van der Waals surface area contributed by atoms with E-state index >= 15 is 0 Å². The highest BCUT2D eigenvalue weighted by atomic mass is 35.5. The van der Waals surface area contributed by atoms with Gasteiger partial charge in [0.25, 0.3) is 0 Å². The molecule has 0 saturated carbocycles. The van der Waals surface area contributed by atoms with Crippen molar-refractivity contribution in [3.63, 3.8) is 0 Å². The predicted molar refractivity (Wildman–Crippen MR) is 74.5 cm³/mol. The van der Waals surface area contributed by atoms with Gasteiger partial charge in [-0.15, -0.1) is 22.9 Å². The third-order valence-corrected chi connectivity index (χ3v) is 3.91. The Morgan fingerprint density at radius 3 is 2.71 bits per heavy atom. The number of carbonyl (C=O) groups excluding carboxylic acids is 1. The Morgan fingerprint density at radius 1 is 1.43 bits per heavy atom. The zero-order chi connectivity index (χ0) is 15.6. The molecule has 112 valence electrons. The maximum absolute atomic E-state index is 12.6. The summed E-state index contributed by atoms with van der Waals surface area (Å²) in [5, 5.41) is 2.21. The molecule has 2 aromatic heterocycles. The van der Waals surface area contributed by atoms with Crippen LogP contribution in [0.25, 0.3) is 10.6 Å². The van der Waals surface area contributed by atoms with Gasteiger partial charge in [0.15, 0.2) is 5.78 Å². The van der Waals surface area contributed by atoms with Gasteiger partial charge in [0.2, 0.25) is 0 Å². The van der Waals surface area contributed by atoms with Gasteiger partial charge in [0.1, 0.15) is 10.7 Å². The lowest BCUT2D eigenvalue weighted by atomic mass is 10.1. The first-order valence-corrected chi connectivity index (χ1v) is 7.29. The van der Waals surface area contributed by atoms with Crippen molar-refractivity contribution in [1.29, 1.82) is 0 Å². The maximum atomic E-state index is 12.6. The average Bonchev–Trinajstić information content (AvgIpc) is 2.85. The van der Waals surface area contributed by atoms with Crippen molar-refractivity contribution in [2.75, 3.05) is 5.88 Å². The Morgan fingerprint density at radius 2 is 2.14 bits per heavy atom. The Hall–Kier alpha value is -1.47. The van der Waals surface area contributed by atoms with Crippen molar-refractivity contribution in [1.82, 2.24) is 9.97 Å². The fraction of sp³-hybridized carbons (Fsp3) is 0.308. The largest absolute Gasteiger partial charge is 0.433 e. The standard InChI is InChI=1S/C13H10ClF3N2OS/c1-7-2-8(5-18-11(7)13(15,16)17)12-19-9(6-21-12)3-10(20)4-14/h2,5-6H,3-4H2,1H3. The highest BCUT2D eigenvalue weighted by Gasteiger charge is 2.34. The SMILES string of the molecule is Cc1cc(-c2nc(CC(=O)CCl)cs2)cnc1C(F)(F)F. The molecule has 8 heteroatoms. The molecule has 2 heterocycles. The van der Waals surface area contributed by atoms with Crippen LogP contribution in [0.3, 0.4) is 0 Å². The topological polar surface area (TPSA) is 42.9 Å². The first kappa shape index (κ1) is 15.9. The van der Waals surface area contributed by atoms with E-state index in [9.17, 15) is 18.0 Å². The van der Waals surface area contributed by atoms with Crippen molar-refractivity contribution in [2.45, 2.75) is 19.5 Å². The molecule has 2 aromatic rings. The molecule has 0 radical (unpaired) electrons. The Bertz CT molecular complexity index is 670. The van der Waals surface area contributed by atoms with Crippen molar-refractivity contribution >= 4 is 28.7 Å². The number of ketones is 1. The summed E-state index contributed by atoms with van der Waals surface area (Å²) in [5.74, 6) is -0.247. The fourth-order valence-electron chi connectivity index (χ4n) is 1.76. The minimum atomic E-state index is -4.47. The van der Waals surface area contributed by atoms with E-state index in [1.54, 1.807) is 5.38 Å². The number of alkyl halides is 4. The number of thiazole rings is 1. The van der Waals surface area contributed by atoms with Crippen LogP contribution < -0.4 is 0 Å². The van der Waals surface area contributed by atoms with Crippen LogP contribution in [0.4, 0.5) is 13.2 Å². The molecule has 0 aliphatic carbocycles. The van der Waals surface area contributed by atoms with Gasteiger partial charge in [0.05, 0.1) is 18.0 Å². The quantitative estimate of drug-likeness (QED) is 0.797. The van der Waals surface area contributed by atoms with E-state index in [1.807, 2.05) is 0 Å². The van der Waals surface area contributed by atoms with Gasteiger partial charge >= 0.3 is 6.18 Å². The first-order valence-electron chi connectivity index (χ1n) is 5.87. The number of halogens is 4. The van der Waals surface area contributed by atoms with Gasteiger partial charge in [-0.1, -0.05) is 0 Å². The molecule has 0 spiro atoms. The number of hydrogen-bond acceptors (Lipinski definition) is 4. The van der Waals surface area contributed by atoms with Crippen LogP contribution in [0, 0.1) is 6.92 Å². The molecule has 0 fully saturated rings. The van der Waals surface area contributed by atoms with Gasteiger partial charge in [-0.05, 0) is 18.6 Å². The summed E-state index contributed by atoms with van der Waals surface area (Å²) in [6.07, 6.45) is -3.21. The molecular formula is C13H10ClF3N2OS. The lowest BCUT2D eigenvalue weighted by molar-refractivity contribution is -0.141. The minimum absolute atomic E-state index is 0.0357. The summed E-state index contributed by atoms with van der Waals surface area (Å²) >= 11 is 6.67. The van der Waals surface area contributed by atoms with Crippen LogP contribution >= 0.6 is 22.9 Å². The normalized spacial score (nSPS) is 11.7. The third kappa shape index (κ3) is 3.79. The number of Topliss-reactive ketones (excluding diaryl/α,β-unsaturated/α-hetero) is 1. The second-order valence-electron chi connectivity index (χ2n) is 4.38. The summed E-state index contributed by atoms with van der Waals surface area (Å²) < 4.78 is 37.9. The Balaban J connectivity index is 2.27. The van der Waals surface area contributed by atoms with Gasteiger partial charge in [-0.25, -0.2) is 4.98 Å². The van der Waals surface area contributed by atoms with E-state index in [0.717, 1.165) is 6.20 Å². The molecule has 0 aromatic carbocycles. The molecule has 21 heavy (non-hydrogen) atoms. The molecule has 0 bridgehead atoms. The zero-order valence-electron chi connectivity index (χ0n) is 10.9. The van der Waals surface area contributed by atoms with Gasteiger partial charge < -0.3 is 0 Å². The molecule has 0 amide bonds. The van der Waals surface area contributed by atoms with Gasteiger partial charge in [-0.2, -0.15) is 13.2 Å². The number of carbonyl (C=O) groups is 1. The highest BCUT2D eigenvalue weighted by molar-refractivity contribution is 7.13. The van der Waals surface area contributed by atoms with Crippen LogP contribution in [-0.4, -0.2) is 21.6 Å². The number of aryl methyl sites for hydroxylation is 1. The van der Waals surface area contributed by atoms with Crippen molar-refractivity contribution in [3.05, 3.63) is 34.6 Å². The predicted octanol–water partition coefficient (Wildman–Crippen LogP) is 3.88. The molecule has 0 unspecified atom stereocenters. The van der Waals surface area contributed by atoms with Crippen molar-refractivity contribution in [3.8, 4) is 10.6 Å². The Labute approximate surface area is 127 Å². The van der Waals surface area contributed by atoms with E-state index in [0.29, 0.717) is 16.3 Å². The second-order valence-corrected chi connectivity index (χ2v) is 5.51. The van der Waals surface area contributed by atoms with Crippen LogP contribution in [-0.2, 0) is 17.4 Å². The average molecular weight is 335 g/mol. The van der Waals surface area contributed by atoms with Crippen LogP contribution in [0.2, 0.25) is 0 Å². The number of nitrogens with zero attached hydrogens (tertiary/aromatic N) is 2. The van der Waals surface area contributed by atoms with Crippen molar-refractivity contribution in [2.24, 2.45) is 0 Å². The van der Waals surface area contributed by atoms with Gasteiger partial charge in [-0.3, -0.25) is 9.78 Å². The number of hydrogen-bond donors (Lipinski definition) is 0. The number of rotatable bonds is 4. The summed E-state index contributed by atoms with van der Waals surface area (Å²) in [4.78, 5) is 18.9. The van der Waals surface area contributed by atoms with E-state index in [2.05, 4.69) is 9.97 Å². The summed E-state index contributed by atoms with van der Waals surface area (Å²) in [6.45, 7) is 1.35. The lowest BCUT2D eigenvalue weighted by Crippen LogP contribution is -2.10. The van der Waals surface area contributed by atoms with Gasteiger partial charge in [0, 0.05) is 17.1 Å². The zero-order valence-corrected chi connectivity index (χ0v) is 12.4. The first-order chi connectivity index (χ1) is 9.81. The monoisotopic (exact) mass is 334 g/mol. The van der Waals surface area contributed by atoms with E-state index in [-0.39, 0.29) is 23.6 Å². The molecule has 2 rings (SSSR count). The molecule has 0 aliphatic heterocycles. The van der Waals surface area contributed by atoms with Crippen LogP contribution in [0.1, 0.15) is 17.0 Å². The van der Waals surface area contributed by atoms with Crippen molar-refractivity contribution < 1.29 is 18.0 Å². The molecule has 0 N–H and O–H groups in total. The molecule has 3 nitrogen and oxygen atoms in total. The fourth-order valence-corrected chi connectivity index (χ4v) is 2.65. The summed E-state index contributed by atoms with van der Waals surface area (Å²) in [5.41, 5.74) is 0.183. The summed E-state index contributed by atoms with van der Waals surface area (Å²) in [6, 6.07) is 1.39. The van der Waals surface area contributed by atoms with Crippen LogP contribution in [0.15, 0.2) is 17.6 Å². The van der Waals surface area contributed by atoms with E-state index in [1.165, 1.54) is 24.3 Å². The third-order valence-electron chi connectivity index (χ3n) is 2.67. The molecule has 0 atom stereocenters. The minimum Gasteiger partial charge on any atom is -0.298 e. The lowest BCUT2D eigenvalue weighted by Gasteiger charge is -2.09. The maximum Gasteiger partial charge on any atom is 0.433 e. The second kappa shape index (κ2) is 6.11. The summed E-state index contributed by atoms with van der Waals surface area (Å²) in [7, 11) is 0. The molecule has 0 aliphatic rings. The highest BCUT2D eigenvalue weighted by Crippen LogP contribution is 2.32. The Kier molecular flexibility index (Phi) is 4.63. The van der Waals surface area contributed by atoms with E-state index in [4.69, 9.17) is 11.6 Å². The van der Waals surface area contributed by atoms with E-state index < -0.39 is 11.9 Å². The number of pyridine rings is 1. The molecular weight excluding hydrogens is 325 g/mol. The number of aromatic nitrogens is 2. The smallest absolute Gasteiger partial charge is 0.298 e.